The van der Waals surface area contributed by atoms with E-state index in [0.29, 0.717) is 28.4 Å². The fraction of sp³-hybridized carbons (Fsp3) is 0.565. The van der Waals surface area contributed by atoms with Crippen LogP contribution < -0.4 is 21.3 Å². The summed E-state index contributed by atoms with van der Waals surface area (Å²) < 4.78 is 12.8. The molecule has 2 saturated carbocycles. The highest BCUT2D eigenvalue weighted by Gasteiger charge is 2.61. The lowest BCUT2D eigenvalue weighted by Crippen LogP contribution is -2.54. The normalized spacial score (nSPS) is 33.1. The summed E-state index contributed by atoms with van der Waals surface area (Å²) in [6.07, 6.45) is 0.608. The second-order valence-corrected chi connectivity index (χ2v) is 12.6. The summed E-state index contributed by atoms with van der Waals surface area (Å²) >= 11 is 9.29. The number of allylic oxidation sites excluding steroid dienone is 1. The molecular weight excluding hydrogens is 524 g/mol. The van der Waals surface area contributed by atoms with Gasteiger partial charge in [0.15, 0.2) is 22.6 Å². The number of nitrogens with zero attached hydrogens (tertiary/aromatic N) is 3. The van der Waals surface area contributed by atoms with Gasteiger partial charge in [0.25, 0.3) is 0 Å². The van der Waals surface area contributed by atoms with Gasteiger partial charge < -0.3 is 25.0 Å². The second-order valence-electron chi connectivity index (χ2n) is 9.81. The van der Waals surface area contributed by atoms with E-state index in [1.807, 2.05) is 12.3 Å². The summed E-state index contributed by atoms with van der Waals surface area (Å²) in [7, 11) is 0. The van der Waals surface area contributed by atoms with Gasteiger partial charge in [-0.05, 0) is 44.4 Å². The van der Waals surface area contributed by atoms with Crippen molar-refractivity contribution in [1.29, 1.82) is 0 Å². The number of halogens is 1. The Morgan fingerprint density at radius 2 is 2.08 bits per heavy atom. The number of thioether (sulfide) groups is 1. The Morgan fingerprint density at radius 3 is 2.83 bits per heavy atom. The molecule has 1 saturated heterocycles. The average Bonchev–Trinajstić information content (AvgIpc) is 3.06. The molecule has 4 aliphatic rings. The Morgan fingerprint density at radius 1 is 1.28 bits per heavy atom. The van der Waals surface area contributed by atoms with E-state index < -0.39 is 36.2 Å². The smallest absolute Gasteiger partial charge is 0.191 e. The predicted octanol–water partition coefficient (Wildman–Crippen LogP) is 3.45. The monoisotopic (exact) mass is 552 g/mol. The van der Waals surface area contributed by atoms with Crippen LogP contribution >= 0.6 is 34.7 Å². The highest BCUT2D eigenvalue weighted by atomic mass is 35.5. The van der Waals surface area contributed by atoms with Gasteiger partial charge in [-0.2, -0.15) is 0 Å². The quantitative estimate of drug-likeness (QED) is 0.256. The number of hydrogen-bond acceptors (Lipinski definition) is 12. The van der Waals surface area contributed by atoms with Crippen LogP contribution in [-0.4, -0.2) is 62.2 Å². The van der Waals surface area contributed by atoms with Crippen molar-refractivity contribution in [3.05, 3.63) is 33.1 Å². The standard InChI is InChI=1S/C23H29ClN6O4S2/c1-4-7-35-22-26-20(25-9-10-8-11(10)12-5-6-13(24)36-12)14-21(27-22)30(29-28-14)15-16(31)17(32)19-18(15)33-23(2,3)34-19/h5-6,9,11,15-19,28-29,31-32H,4,7-8H2,1-3H3,(H,25,26,27)/t11-,15-,16+,17?,18+,19-/m1/s1. The van der Waals surface area contributed by atoms with E-state index in [0.717, 1.165) is 22.9 Å². The average molecular weight is 553 g/mol. The Hall–Kier alpha value is -1.64. The Bertz CT molecular complexity index is 1200. The summed E-state index contributed by atoms with van der Waals surface area (Å²) in [5, 5.41) is 27.3. The zero-order chi connectivity index (χ0) is 25.2. The lowest BCUT2D eigenvalue weighted by molar-refractivity contribution is -0.175. The number of ether oxygens (including phenoxy) is 2. The highest BCUT2D eigenvalue weighted by molar-refractivity contribution is 7.99. The molecule has 4 heterocycles. The summed E-state index contributed by atoms with van der Waals surface area (Å²) in [5.41, 5.74) is 8.20. The maximum Gasteiger partial charge on any atom is 0.191 e. The fourth-order valence-corrected chi connectivity index (χ4v) is 6.90. The van der Waals surface area contributed by atoms with Crippen LogP contribution in [0.2, 0.25) is 4.34 Å². The number of thiophene rings is 1. The Labute approximate surface area is 222 Å². The predicted molar refractivity (Wildman–Crippen MR) is 140 cm³/mol. The van der Waals surface area contributed by atoms with E-state index in [4.69, 9.17) is 31.0 Å². The Balaban J connectivity index is 1.29. The Kier molecular flexibility index (Phi) is 6.36. The lowest BCUT2D eigenvalue weighted by Gasteiger charge is -2.32. The second kappa shape index (κ2) is 9.28. The van der Waals surface area contributed by atoms with Crippen LogP contribution in [0, 0.1) is 0 Å². The van der Waals surface area contributed by atoms with E-state index in [-0.39, 0.29) is 0 Å². The molecule has 3 fully saturated rings. The molecule has 0 amide bonds. The summed E-state index contributed by atoms with van der Waals surface area (Å²) in [4.78, 5) is 10.8. The van der Waals surface area contributed by atoms with Crippen LogP contribution in [0.1, 0.15) is 44.4 Å². The van der Waals surface area contributed by atoms with Gasteiger partial charge in [0, 0.05) is 22.7 Å². The molecule has 0 radical (unpaired) electrons. The summed E-state index contributed by atoms with van der Waals surface area (Å²) in [6, 6.07) is 3.39. The van der Waals surface area contributed by atoms with Crippen molar-refractivity contribution in [3.8, 4) is 0 Å². The number of fused-ring (bicyclic) bond motifs is 2. The van der Waals surface area contributed by atoms with E-state index in [1.54, 1.807) is 42.0 Å². The minimum absolute atomic E-state index is 0.385. The molecule has 2 aromatic heterocycles. The third-order valence-electron chi connectivity index (χ3n) is 6.73. The topological polar surface area (TPSA) is 124 Å². The molecule has 13 heteroatoms. The van der Waals surface area contributed by atoms with Crippen LogP contribution in [0.4, 0.5) is 17.3 Å². The zero-order valence-electron chi connectivity index (χ0n) is 20.1. The van der Waals surface area contributed by atoms with Gasteiger partial charge in [0.2, 0.25) is 0 Å². The zero-order valence-corrected chi connectivity index (χ0v) is 22.5. The number of aromatic nitrogens is 2. The number of aliphatic hydroxyl groups excluding tert-OH is 2. The molecule has 10 nitrogen and oxygen atoms in total. The maximum absolute atomic E-state index is 10.9. The molecule has 2 aromatic rings. The number of hydrazine groups is 2. The van der Waals surface area contributed by atoms with E-state index >= 15 is 0 Å². The first-order chi connectivity index (χ1) is 17.3. The first-order valence-corrected chi connectivity index (χ1v) is 14.2. The molecule has 5 N–H and O–H groups in total. The molecule has 1 unspecified atom stereocenters. The molecule has 36 heavy (non-hydrogen) atoms. The van der Waals surface area contributed by atoms with Crippen LogP contribution in [0.15, 0.2) is 29.1 Å². The van der Waals surface area contributed by atoms with Crippen molar-refractivity contribution in [1.82, 2.24) is 15.5 Å². The van der Waals surface area contributed by atoms with Gasteiger partial charge in [-0.25, -0.2) is 9.97 Å². The maximum atomic E-state index is 10.9. The van der Waals surface area contributed by atoms with Gasteiger partial charge >= 0.3 is 0 Å². The molecular formula is C23H29ClN6O4S2. The molecule has 194 valence electrons. The van der Waals surface area contributed by atoms with Crippen molar-refractivity contribution in [2.45, 2.75) is 80.9 Å². The minimum atomic E-state index is -1.10. The molecule has 2 aliphatic carbocycles. The molecule has 2 aliphatic heterocycles. The van der Waals surface area contributed by atoms with Crippen LogP contribution in [0.5, 0.6) is 0 Å². The van der Waals surface area contributed by atoms with Gasteiger partial charge in [-0.1, -0.05) is 30.3 Å². The number of aliphatic hydroxyl groups is 2. The van der Waals surface area contributed by atoms with Crippen LogP contribution in [-0.2, 0) is 9.47 Å². The molecule has 0 spiro atoms. The number of hydrogen-bond donors (Lipinski definition) is 5. The SMILES string of the molecule is CCCSc1nc(NC=C2C[C@H]2c2ccc(Cl)s2)c2c(n1)N([C@H]1[C@@H]3OC(C)(C)O[C@@H]3C(O)[C@H]1O)NN2. The lowest BCUT2D eigenvalue weighted by atomic mass is 10.1. The number of rotatable bonds is 7. The van der Waals surface area contributed by atoms with Gasteiger partial charge in [-0.15, -0.1) is 16.9 Å². The fourth-order valence-electron chi connectivity index (χ4n) is 5.00. The van der Waals surface area contributed by atoms with E-state index in [1.165, 1.54) is 10.5 Å². The van der Waals surface area contributed by atoms with Crippen molar-refractivity contribution in [2.24, 2.45) is 0 Å². The molecule has 6 atom stereocenters. The molecule has 6 rings (SSSR count). The first kappa shape index (κ1) is 24.7. The van der Waals surface area contributed by atoms with Gasteiger partial charge in [0.05, 0.1) is 4.34 Å². The van der Waals surface area contributed by atoms with Gasteiger partial charge in [-0.3, -0.25) is 10.4 Å². The molecule has 0 aromatic carbocycles. The van der Waals surface area contributed by atoms with Crippen molar-refractivity contribution in [2.75, 3.05) is 21.5 Å². The van der Waals surface area contributed by atoms with Crippen molar-refractivity contribution < 1.29 is 19.7 Å². The number of anilines is 3. The first-order valence-electron chi connectivity index (χ1n) is 12.0. The van der Waals surface area contributed by atoms with Crippen LogP contribution in [0.3, 0.4) is 0 Å². The highest BCUT2D eigenvalue weighted by Crippen LogP contribution is 2.50. The minimum Gasteiger partial charge on any atom is -0.388 e. The number of nitrogens with one attached hydrogen (secondary N) is 3. The van der Waals surface area contributed by atoms with Gasteiger partial charge in [0.1, 0.15) is 36.1 Å². The van der Waals surface area contributed by atoms with Crippen molar-refractivity contribution >= 4 is 52.0 Å². The largest absolute Gasteiger partial charge is 0.388 e. The third kappa shape index (κ3) is 4.37. The van der Waals surface area contributed by atoms with Crippen LogP contribution in [0.25, 0.3) is 0 Å². The van der Waals surface area contributed by atoms with E-state index in [2.05, 4.69) is 29.3 Å². The van der Waals surface area contributed by atoms with Crippen molar-refractivity contribution in [3.63, 3.8) is 0 Å². The molecule has 0 bridgehead atoms. The third-order valence-corrected chi connectivity index (χ3v) is 9.13. The summed E-state index contributed by atoms with van der Waals surface area (Å²) in [5.74, 6) is 1.61. The summed E-state index contributed by atoms with van der Waals surface area (Å²) in [6.45, 7) is 5.72. The van der Waals surface area contributed by atoms with E-state index in [9.17, 15) is 10.2 Å².